The number of anilines is 1. The quantitative estimate of drug-likeness (QED) is 0.743. The van der Waals surface area contributed by atoms with Gasteiger partial charge < -0.3 is 20.3 Å². The van der Waals surface area contributed by atoms with E-state index in [2.05, 4.69) is 17.6 Å². The molecule has 1 heterocycles. The maximum Gasteiger partial charge on any atom is 0.265 e. The molecule has 19 heavy (non-hydrogen) atoms. The molecule has 5 nitrogen and oxygen atoms in total. The molecule has 0 bridgehead atoms. The molecule has 0 fully saturated rings. The summed E-state index contributed by atoms with van der Waals surface area (Å²) in [4.78, 5) is 13.8. The van der Waals surface area contributed by atoms with Gasteiger partial charge in [0, 0.05) is 19.6 Å². The first-order valence-electron chi connectivity index (χ1n) is 6.67. The Bertz CT molecular complexity index is 448. The number of carbonyl (C=O) groups is 1. The second-order valence-corrected chi connectivity index (χ2v) is 4.52. The van der Waals surface area contributed by atoms with Crippen LogP contribution in [0.15, 0.2) is 18.2 Å². The minimum atomic E-state index is 0.0204. The van der Waals surface area contributed by atoms with E-state index in [0.717, 1.165) is 36.6 Å². The van der Waals surface area contributed by atoms with Crippen molar-refractivity contribution >= 4 is 11.6 Å². The molecular weight excluding hydrogens is 242 g/mol. The van der Waals surface area contributed by atoms with Crippen LogP contribution >= 0.6 is 0 Å². The number of amides is 1. The summed E-state index contributed by atoms with van der Waals surface area (Å²) < 4.78 is 5.47. The van der Waals surface area contributed by atoms with Gasteiger partial charge in [0.15, 0.2) is 6.61 Å². The van der Waals surface area contributed by atoms with Crippen molar-refractivity contribution in [2.24, 2.45) is 0 Å². The Morgan fingerprint density at radius 1 is 1.42 bits per heavy atom. The maximum atomic E-state index is 12.0. The molecule has 1 aliphatic rings. The van der Waals surface area contributed by atoms with E-state index in [-0.39, 0.29) is 12.5 Å². The smallest absolute Gasteiger partial charge is 0.265 e. The molecule has 0 radical (unpaired) electrons. The van der Waals surface area contributed by atoms with E-state index in [1.165, 1.54) is 0 Å². The molecule has 0 spiro atoms. The average molecular weight is 263 g/mol. The number of ether oxygens (including phenoxy) is 1. The first kappa shape index (κ1) is 13.8. The summed E-state index contributed by atoms with van der Waals surface area (Å²) in [5.41, 5.74) is 2.02. The molecule has 5 heteroatoms. The second kappa shape index (κ2) is 6.54. The fourth-order valence-corrected chi connectivity index (χ4v) is 2.17. The Morgan fingerprint density at radius 2 is 2.26 bits per heavy atom. The SMILES string of the molecule is CCNCCN1C(=O)COc2ccc(CNC)cc21. The third-order valence-electron chi connectivity index (χ3n) is 3.11. The van der Waals surface area contributed by atoms with Crippen LogP contribution < -0.4 is 20.3 Å². The van der Waals surface area contributed by atoms with Crippen LogP contribution in [0.3, 0.4) is 0 Å². The Balaban J connectivity index is 2.20. The highest BCUT2D eigenvalue weighted by molar-refractivity contribution is 5.97. The lowest BCUT2D eigenvalue weighted by Gasteiger charge is -2.30. The molecule has 1 amide bonds. The second-order valence-electron chi connectivity index (χ2n) is 4.52. The predicted molar refractivity (Wildman–Crippen MR) is 75.6 cm³/mol. The van der Waals surface area contributed by atoms with E-state index in [4.69, 9.17) is 4.74 Å². The number of nitrogens with zero attached hydrogens (tertiary/aromatic N) is 1. The van der Waals surface area contributed by atoms with E-state index in [0.29, 0.717) is 6.54 Å². The van der Waals surface area contributed by atoms with Gasteiger partial charge in [-0.2, -0.15) is 0 Å². The Hall–Kier alpha value is -1.59. The van der Waals surface area contributed by atoms with Crippen molar-refractivity contribution < 1.29 is 9.53 Å². The van der Waals surface area contributed by atoms with Gasteiger partial charge in [0.1, 0.15) is 5.75 Å². The number of likely N-dealkylation sites (N-methyl/N-ethyl adjacent to an activating group) is 1. The summed E-state index contributed by atoms with van der Waals surface area (Å²) in [6, 6.07) is 5.98. The normalized spacial score (nSPS) is 14.2. The maximum absolute atomic E-state index is 12.0. The molecule has 1 aromatic rings. The van der Waals surface area contributed by atoms with Crippen molar-refractivity contribution in [3.63, 3.8) is 0 Å². The molecule has 0 saturated heterocycles. The summed E-state index contributed by atoms with van der Waals surface area (Å²) in [5.74, 6) is 0.808. The van der Waals surface area contributed by atoms with Gasteiger partial charge in [-0.05, 0) is 31.3 Å². The first-order valence-corrected chi connectivity index (χ1v) is 6.67. The van der Waals surface area contributed by atoms with Crippen LogP contribution in [0.1, 0.15) is 12.5 Å². The highest BCUT2D eigenvalue weighted by Crippen LogP contribution is 2.32. The van der Waals surface area contributed by atoms with Gasteiger partial charge in [-0.1, -0.05) is 13.0 Å². The summed E-state index contributed by atoms with van der Waals surface area (Å²) in [5, 5.41) is 6.35. The van der Waals surface area contributed by atoms with Crippen LogP contribution in [-0.4, -0.2) is 39.2 Å². The van der Waals surface area contributed by atoms with E-state index in [1.807, 2.05) is 25.2 Å². The van der Waals surface area contributed by atoms with Crippen LogP contribution in [0.4, 0.5) is 5.69 Å². The number of carbonyl (C=O) groups excluding carboxylic acids is 1. The van der Waals surface area contributed by atoms with Crippen molar-refractivity contribution in [1.82, 2.24) is 10.6 Å². The predicted octanol–water partition coefficient (Wildman–Crippen LogP) is 0.741. The van der Waals surface area contributed by atoms with Gasteiger partial charge in [-0.25, -0.2) is 0 Å². The van der Waals surface area contributed by atoms with Crippen molar-refractivity contribution in [2.75, 3.05) is 38.2 Å². The third kappa shape index (κ3) is 3.24. The molecule has 0 aliphatic carbocycles. The minimum Gasteiger partial charge on any atom is -0.482 e. The van der Waals surface area contributed by atoms with Gasteiger partial charge in [0.05, 0.1) is 5.69 Å². The fraction of sp³-hybridized carbons (Fsp3) is 0.500. The number of nitrogens with one attached hydrogen (secondary N) is 2. The van der Waals surface area contributed by atoms with Crippen LogP contribution in [0.5, 0.6) is 5.75 Å². The number of hydrogen-bond donors (Lipinski definition) is 2. The molecule has 0 aromatic heterocycles. The standard InChI is InChI=1S/C14H21N3O2/c1-3-16-6-7-17-12-8-11(9-15-2)4-5-13(12)19-10-14(17)18/h4-5,8,15-16H,3,6-7,9-10H2,1-2H3. The monoisotopic (exact) mass is 263 g/mol. The van der Waals surface area contributed by atoms with Crippen LogP contribution in [0.2, 0.25) is 0 Å². The topological polar surface area (TPSA) is 53.6 Å². The van der Waals surface area contributed by atoms with Crippen molar-refractivity contribution in [3.05, 3.63) is 23.8 Å². The van der Waals surface area contributed by atoms with Crippen molar-refractivity contribution in [2.45, 2.75) is 13.5 Å². The Labute approximate surface area is 113 Å². The summed E-state index contributed by atoms with van der Waals surface area (Å²) >= 11 is 0. The number of rotatable bonds is 6. The Kier molecular flexibility index (Phi) is 4.76. The van der Waals surface area contributed by atoms with Crippen LogP contribution in [-0.2, 0) is 11.3 Å². The lowest BCUT2D eigenvalue weighted by Crippen LogP contribution is -2.42. The lowest BCUT2D eigenvalue weighted by molar-refractivity contribution is -0.121. The van der Waals surface area contributed by atoms with Gasteiger partial charge in [-0.3, -0.25) is 4.79 Å². The number of fused-ring (bicyclic) bond motifs is 1. The van der Waals surface area contributed by atoms with Gasteiger partial charge in [-0.15, -0.1) is 0 Å². The zero-order valence-electron chi connectivity index (χ0n) is 11.5. The van der Waals surface area contributed by atoms with E-state index in [1.54, 1.807) is 4.90 Å². The molecule has 2 N–H and O–H groups in total. The lowest BCUT2D eigenvalue weighted by atomic mass is 10.1. The Morgan fingerprint density at radius 3 is 3.00 bits per heavy atom. The molecule has 0 unspecified atom stereocenters. The van der Waals surface area contributed by atoms with Gasteiger partial charge in [0.2, 0.25) is 0 Å². The molecule has 1 aromatic carbocycles. The summed E-state index contributed by atoms with van der Waals surface area (Å²) in [6.45, 7) is 5.34. The zero-order chi connectivity index (χ0) is 13.7. The zero-order valence-corrected chi connectivity index (χ0v) is 11.5. The molecule has 104 valence electrons. The molecule has 0 saturated carbocycles. The molecule has 0 atom stereocenters. The van der Waals surface area contributed by atoms with Crippen LogP contribution in [0, 0.1) is 0 Å². The average Bonchev–Trinajstić information content (AvgIpc) is 2.42. The van der Waals surface area contributed by atoms with Crippen molar-refractivity contribution in [1.29, 1.82) is 0 Å². The third-order valence-corrected chi connectivity index (χ3v) is 3.11. The number of benzene rings is 1. The molecule has 1 aliphatic heterocycles. The summed E-state index contributed by atoms with van der Waals surface area (Å²) in [7, 11) is 1.91. The molecular formula is C14H21N3O2. The van der Waals surface area contributed by atoms with Crippen molar-refractivity contribution in [3.8, 4) is 5.75 Å². The fourth-order valence-electron chi connectivity index (χ4n) is 2.17. The molecule has 2 rings (SSSR count). The first-order chi connectivity index (χ1) is 9.26. The van der Waals surface area contributed by atoms with E-state index >= 15 is 0 Å². The van der Waals surface area contributed by atoms with E-state index < -0.39 is 0 Å². The number of hydrogen-bond acceptors (Lipinski definition) is 4. The highest BCUT2D eigenvalue weighted by atomic mass is 16.5. The van der Waals surface area contributed by atoms with Gasteiger partial charge in [0.25, 0.3) is 5.91 Å². The van der Waals surface area contributed by atoms with E-state index in [9.17, 15) is 4.79 Å². The minimum absolute atomic E-state index is 0.0204. The highest BCUT2D eigenvalue weighted by Gasteiger charge is 2.25. The van der Waals surface area contributed by atoms with Gasteiger partial charge >= 0.3 is 0 Å². The summed E-state index contributed by atoms with van der Waals surface area (Å²) in [6.07, 6.45) is 0. The largest absolute Gasteiger partial charge is 0.482 e. The van der Waals surface area contributed by atoms with Crippen LogP contribution in [0.25, 0.3) is 0 Å².